The van der Waals surface area contributed by atoms with Gasteiger partial charge in [-0.3, -0.25) is 4.68 Å². The Labute approximate surface area is 112 Å². The van der Waals surface area contributed by atoms with Crippen LogP contribution >= 0.6 is 11.6 Å². The van der Waals surface area contributed by atoms with E-state index >= 15 is 0 Å². The van der Waals surface area contributed by atoms with Crippen LogP contribution in [-0.2, 0) is 13.5 Å². The van der Waals surface area contributed by atoms with Gasteiger partial charge >= 0.3 is 0 Å². The molecule has 0 radical (unpaired) electrons. The van der Waals surface area contributed by atoms with E-state index in [2.05, 4.69) is 10.4 Å². The van der Waals surface area contributed by atoms with Gasteiger partial charge in [-0.15, -0.1) is 0 Å². The fourth-order valence-electron chi connectivity index (χ4n) is 1.85. The van der Waals surface area contributed by atoms with Crippen LogP contribution in [0.5, 0.6) is 0 Å². The van der Waals surface area contributed by atoms with E-state index in [1.807, 2.05) is 39.1 Å². The Morgan fingerprint density at radius 1 is 1.44 bits per heavy atom. The molecule has 0 bridgehead atoms. The summed E-state index contributed by atoms with van der Waals surface area (Å²) in [6, 6.07) is 5.86. The van der Waals surface area contributed by atoms with Crippen molar-refractivity contribution in [3.63, 3.8) is 0 Å². The van der Waals surface area contributed by atoms with Crippen LogP contribution in [0.2, 0.25) is 5.02 Å². The molecule has 5 heteroatoms. The van der Waals surface area contributed by atoms with Crippen LogP contribution in [0.3, 0.4) is 0 Å². The van der Waals surface area contributed by atoms with Crippen molar-refractivity contribution in [1.82, 2.24) is 9.78 Å². The maximum Gasteiger partial charge on any atom is 0.152 e. The molecule has 96 valence electrons. The second-order valence-electron chi connectivity index (χ2n) is 4.29. The first-order valence-corrected chi connectivity index (χ1v) is 6.25. The number of aryl methyl sites for hydroxylation is 3. The van der Waals surface area contributed by atoms with E-state index in [4.69, 9.17) is 17.3 Å². The van der Waals surface area contributed by atoms with Gasteiger partial charge in [0.2, 0.25) is 0 Å². The molecule has 0 unspecified atom stereocenters. The Balaban J connectivity index is 2.37. The number of rotatable bonds is 3. The molecule has 0 aliphatic rings. The number of nitrogens with one attached hydrogen (secondary N) is 1. The molecular formula is C13H17ClN4. The van der Waals surface area contributed by atoms with Crippen LogP contribution in [0.1, 0.15) is 18.2 Å². The first kappa shape index (κ1) is 12.8. The molecule has 0 aliphatic heterocycles. The predicted octanol–water partition coefficient (Wildman–Crippen LogP) is 3.27. The van der Waals surface area contributed by atoms with Gasteiger partial charge in [0.25, 0.3) is 0 Å². The maximum atomic E-state index is 6.19. The third-order valence-corrected chi connectivity index (χ3v) is 3.19. The van der Waals surface area contributed by atoms with Crippen molar-refractivity contribution in [3.8, 4) is 0 Å². The molecule has 0 aliphatic carbocycles. The standard InChI is InChI=1S/C13H17ClN4/c1-4-10-12(15)13(18(3)17-10)16-11-6-5-8(2)7-9(11)14/h5-7,16H,4,15H2,1-3H3. The zero-order chi connectivity index (χ0) is 13.3. The molecule has 2 rings (SSSR count). The van der Waals surface area contributed by atoms with Gasteiger partial charge in [-0.1, -0.05) is 24.6 Å². The van der Waals surface area contributed by atoms with Gasteiger partial charge < -0.3 is 11.1 Å². The highest BCUT2D eigenvalue weighted by Crippen LogP contribution is 2.30. The summed E-state index contributed by atoms with van der Waals surface area (Å²) in [5.41, 5.74) is 9.58. The van der Waals surface area contributed by atoms with Crippen LogP contribution in [0, 0.1) is 6.92 Å². The number of halogens is 1. The minimum atomic E-state index is 0.675. The van der Waals surface area contributed by atoms with E-state index in [1.165, 1.54) is 0 Å². The van der Waals surface area contributed by atoms with Gasteiger partial charge in [0, 0.05) is 7.05 Å². The van der Waals surface area contributed by atoms with Gasteiger partial charge in [0.05, 0.1) is 22.1 Å². The normalized spacial score (nSPS) is 10.7. The molecule has 2 aromatic rings. The van der Waals surface area contributed by atoms with Gasteiger partial charge in [0.1, 0.15) is 0 Å². The van der Waals surface area contributed by atoms with Crippen molar-refractivity contribution in [3.05, 3.63) is 34.5 Å². The predicted molar refractivity (Wildman–Crippen MR) is 76.5 cm³/mol. The first-order chi connectivity index (χ1) is 8.52. The van der Waals surface area contributed by atoms with E-state index in [-0.39, 0.29) is 0 Å². The number of aromatic nitrogens is 2. The topological polar surface area (TPSA) is 55.9 Å². The fourth-order valence-corrected chi connectivity index (χ4v) is 2.14. The van der Waals surface area contributed by atoms with Crippen LogP contribution in [-0.4, -0.2) is 9.78 Å². The molecule has 1 heterocycles. The summed E-state index contributed by atoms with van der Waals surface area (Å²) in [5.74, 6) is 0.776. The number of hydrogen-bond acceptors (Lipinski definition) is 3. The van der Waals surface area contributed by atoms with Crippen molar-refractivity contribution in [2.75, 3.05) is 11.1 Å². The lowest BCUT2D eigenvalue weighted by Gasteiger charge is -2.10. The van der Waals surface area contributed by atoms with E-state index in [9.17, 15) is 0 Å². The van der Waals surface area contributed by atoms with Crippen LogP contribution in [0.25, 0.3) is 0 Å². The molecule has 4 nitrogen and oxygen atoms in total. The van der Waals surface area contributed by atoms with Crippen LogP contribution in [0.15, 0.2) is 18.2 Å². The Morgan fingerprint density at radius 3 is 2.72 bits per heavy atom. The molecule has 0 saturated heterocycles. The molecule has 1 aromatic heterocycles. The van der Waals surface area contributed by atoms with Gasteiger partial charge in [-0.2, -0.15) is 5.10 Å². The number of benzene rings is 1. The average Bonchev–Trinajstić information content (AvgIpc) is 2.59. The Bertz CT molecular complexity index is 575. The van der Waals surface area contributed by atoms with Crippen LogP contribution < -0.4 is 11.1 Å². The summed E-state index contributed by atoms with van der Waals surface area (Å²) in [6.07, 6.45) is 0.809. The van der Waals surface area contributed by atoms with Gasteiger partial charge in [-0.05, 0) is 31.0 Å². The quantitative estimate of drug-likeness (QED) is 0.895. The number of nitrogens with zero attached hydrogens (tertiary/aromatic N) is 2. The highest BCUT2D eigenvalue weighted by molar-refractivity contribution is 6.33. The smallest absolute Gasteiger partial charge is 0.152 e. The summed E-state index contributed by atoms with van der Waals surface area (Å²) in [4.78, 5) is 0. The summed E-state index contributed by atoms with van der Waals surface area (Å²) in [5, 5.41) is 8.27. The number of nitrogens with two attached hydrogens (primary N) is 1. The van der Waals surface area contributed by atoms with Crippen molar-refractivity contribution >= 4 is 28.8 Å². The highest BCUT2D eigenvalue weighted by atomic mass is 35.5. The van der Waals surface area contributed by atoms with Crippen molar-refractivity contribution in [2.45, 2.75) is 20.3 Å². The Morgan fingerprint density at radius 2 is 2.17 bits per heavy atom. The van der Waals surface area contributed by atoms with E-state index < -0.39 is 0 Å². The molecule has 0 atom stereocenters. The monoisotopic (exact) mass is 264 g/mol. The Kier molecular flexibility index (Phi) is 3.48. The summed E-state index contributed by atoms with van der Waals surface area (Å²) in [7, 11) is 1.86. The number of anilines is 3. The third kappa shape index (κ3) is 2.29. The van der Waals surface area contributed by atoms with E-state index in [0.29, 0.717) is 10.7 Å². The first-order valence-electron chi connectivity index (χ1n) is 5.87. The lowest BCUT2D eigenvalue weighted by molar-refractivity contribution is 0.753. The largest absolute Gasteiger partial charge is 0.394 e. The highest BCUT2D eigenvalue weighted by Gasteiger charge is 2.13. The average molecular weight is 265 g/mol. The molecule has 0 fully saturated rings. The van der Waals surface area contributed by atoms with Crippen molar-refractivity contribution in [2.24, 2.45) is 7.05 Å². The second kappa shape index (κ2) is 4.90. The van der Waals surface area contributed by atoms with E-state index in [1.54, 1.807) is 4.68 Å². The van der Waals surface area contributed by atoms with Gasteiger partial charge in [0.15, 0.2) is 5.82 Å². The number of hydrogen-bond donors (Lipinski definition) is 2. The minimum absolute atomic E-state index is 0.675. The zero-order valence-corrected chi connectivity index (χ0v) is 11.5. The van der Waals surface area contributed by atoms with Crippen molar-refractivity contribution < 1.29 is 0 Å². The zero-order valence-electron chi connectivity index (χ0n) is 10.8. The number of nitrogen functional groups attached to an aromatic ring is 1. The SMILES string of the molecule is CCc1nn(C)c(Nc2ccc(C)cc2Cl)c1N. The molecule has 18 heavy (non-hydrogen) atoms. The third-order valence-electron chi connectivity index (χ3n) is 2.87. The molecule has 0 saturated carbocycles. The molecular weight excluding hydrogens is 248 g/mol. The lowest BCUT2D eigenvalue weighted by Crippen LogP contribution is -2.01. The molecule has 3 N–H and O–H groups in total. The van der Waals surface area contributed by atoms with Crippen molar-refractivity contribution in [1.29, 1.82) is 0 Å². The maximum absolute atomic E-state index is 6.19. The van der Waals surface area contributed by atoms with Gasteiger partial charge in [-0.25, -0.2) is 0 Å². The Hall–Kier alpha value is -1.68. The summed E-state index contributed by atoms with van der Waals surface area (Å²) >= 11 is 6.19. The lowest BCUT2D eigenvalue weighted by atomic mass is 10.2. The molecule has 1 aromatic carbocycles. The minimum Gasteiger partial charge on any atom is -0.394 e. The summed E-state index contributed by atoms with van der Waals surface area (Å²) in [6.45, 7) is 4.03. The molecule has 0 amide bonds. The second-order valence-corrected chi connectivity index (χ2v) is 4.70. The van der Waals surface area contributed by atoms with Crippen LogP contribution in [0.4, 0.5) is 17.2 Å². The van der Waals surface area contributed by atoms with E-state index in [0.717, 1.165) is 29.2 Å². The molecule has 0 spiro atoms. The fraction of sp³-hybridized carbons (Fsp3) is 0.308. The summed E-state index contributed by atoms with van der Waals surface area (Å²) < 4.78 is 1.74.